The number of nitrogens with one attached hydrogen (secondary N) is 2. The highest BCUT2D eigenvalue weighted by Crippen LogP contribution is 2.23. The van der Waals surface area contributed by atoms with Crippen LogP contribution in [0.3, 0.4) is 0 Å². The number of carbonyl (C=O) groups excluding carboxylic acids is 1. The minimum Gasteiger partial charge on any atom is -0.371 e. The molecule has 1 saturated heterocycles. The second-order valence-corrected chi connectivity index (χ2v) is 6.47. The molecule has 1 aliphatic heterocycles. The number of nitrogens with zero attached hydrogens (tertiary/aromatic N) is 1. The Morgan fingerprint density at radius 3 is 2.54 bits per heavy atom. The summed E-state index contributed by atoms with van der Waals surface area (Å²) in [4.78, 5) is 14.5. The second kappa shape index (κ2) is 8.06. The van der Waals surface area contributed by atoms with Crippen LogP contribution in [0, 0.1) is 0 Å². The van der Waals surface area contributed by atoms with Crippen LogP contribution in [0.1, 0.15) is 24.8 Å². The molecule has 0 aliphatic carbocycles. The van der Waals surface area contributed by atoms with E-state index in [9.17, 15) is 4.79 Å². The lowest BCUT2D eigenvalue weighted by atomic mass is 10.1. The third-order valence-corrected chi connectivity index (χ3v) is 4.44. The van der Waals surface area contributed by atoms with Gasteiger partial charge in [0.2, 0.25) is 0 Å². The zero-order chi connectivity index (χ0) is 16.8. The number of hydrogen-bond donors (Lipinski definition) is 2. The predicted octanol–water partition coefficient (Wildman–Crippen LogP) is 4.65. The first-order valence-corrected chi connectivity index (χ1v) is 8.73. The van der Waals surface area contributed by atoms with Crippen molar-refractivity contribution >= 4 is 29.0 Å². The number of hydrogen-bond acceptors (Lipinski definition) is 2. The van der Waals surface area contributed by atoms with Crippen molar-refractivity contribution in [2.75, 3.05) is 23.3 Å². The first-order valence-electron chi connectivity index (χ1n) is 8.35. The zero-order valence-electron chi connectivity index (χ0n) is 13.6. The lowest BCUT2D eigenvalue weighted by Gasteiger charge is -2.29. The van der Waals surface area contributed by atoms with Gasteiger partial charge >= 0.3 is 6.03 Å². The Balaban J connectivity index is 1.55. The molecule has 5 heteroatoms. The number of halogens is 1. The molecule has 1 aliphatic rings. The topological polar surface area (TPSA) is 44.4 Å². The van der Waals surface area contributed by atoms with Gasteiger partial charge in [-0.25, -0.2) is 4.79 Å². The summed E-state index contributed by atoms with van der Waals surface area (Å²) in [7, 11) is 0. The molecule has 1 fully saturated rings. The minimum absolute atomic E-state index is 0.208. The van der Waals surface area contributed by atoms with Crippen LogP contribution in [0.5, 0.6) is 0 Å². The Bertz CT molecular complexity index is 681. The Morgan fingerprint density at radius 1 is 1.04 bits per heavy atom. The van der Waals surface area contributed by atoms with Gasteiger partial charge < -0.3 is 15.5 Å². The van der Waals surface area contributed by atoms with Gasteiger partial charge in [-0.15, -0.1) is 0 Å². The van der Waals surface area contributed by atoms with Crippen molar-refractivity contribution in [3.05, 3.63) is 59.1 Å². The van der Waals surface area contributed by atoms with Gasteiger partial charge in [0.05, 0.1) is 0 Å². The summed E-state index contributed by atoms with van der Waals surface area (Å²) in [5.41, 5.74) is 2.99. The SMILES string of the molecule is O=C(NCc1ccc(Cl)cc1)Nc1cccc(N2CCCCC2)c1. The molecule has 1 heterocycles. The van der Waals surface area contributed by atoms with Crippen LogP contribution in [0.2, 0.25) is 5.02 Å². The molecule has 3 rings (SSSR count). The molecule has 24 heavy (non-hydrogen) atoms. The third-order valence-electron chi connectivity index (χ3n) is 4.19. The Morgan fingerprint density at radius 2 is 1.79 bits per heavy atom. The average Bonchev–Trinajstić information content (AvgIpc) is 2.62. The summed E-state index contributed by atoms with van der Waals surface area (Å²) in [5, 5.41) is 6.45. The summed E-state index contributed by atoms with van der Waals surface area (Å²) in [5.74, 6) is 0. The van der Waals surface area contributed by atoms with Crippen LogP contribution in [0.4, 0.5) is 16.2 Å². The molecular weight excluding hydrogens is 322 g/mol. The van der Waals surface area contributed by atoms with Crippen molar-refractivity contribution in [3.63, 3.8) is 0 Å². The minimum atomic E-state index is -0.208. The largest absolute Gasteiger partial charge is 0.371 e. The van der Waals surface area contributed by atoms with Gasteiger partial charge in [0.25, 0.3) is 0 Å². The zero-order valence-corrected chi connectivity index (χ0v) is 14.4. The van der Waals surface area contributed by atoms with Crippen LogP contribution >= 0.6 is 11.6 Å². The van der Waals surface area contributed by atoms with Crippen molar-refractivity contribution in [2.24, 2.45) is 0 Å². The van der Waals surface area contributed by atoms with Crippen LogP contribution in [0.25, 0.3) is 0 Å². The molecule has 0 spiro atoms. The van der Waals surface area contributed by atoms with Crippen molar-refractivity contribution in [3.8, 4) is 0 Å². The maximum absolute atomic E-state index is 12.1. The van der Waals surface area contributed by atoms with Gasteiger partial charge in [0, 0.05) is 36.0 Å². The normalized spacial score (nSPS) is 14.3. The van der Waals surface area contributed by atoms with Crippen molar-refractivity contribution < 1.29 is 4.79 Å². The van der Waals surface area contributed by atoms with Crippen molar-refractivity contribution in [2.45, 2.75) is 25.8 Å². The number of anilines is 2. The maximum atomic E-state index is 12.1. The predicted molar refractivity (Wildman–Crippen MR) is 99.8 cm³/mol. The summed E-state index contributed by atoms with van der Waals surface area (Å²) in [6.45, 7) is 2.65. The van der Waals surface area contributed by atoms with E-state index in [1.807, 2.05) is 42.5 Å². The number of rotatable bonds is 4. The highest BCUT2D eigenvalue weighted by Gasteiger charge is 2.11. The third kappa shape index (κ3) is 4.65. The molecule has 2 aromatic rings. The average molecular weight is 344 g/mol. The highest BCUT2D eigenvalue weighted by atomic mass is 35.5. The van der Waals surface area contributed by atoms with E-state index in [1.54, 1.807) is 0 Å². The van der Waals surface area contributed by atoms with E-state index >= 15 is 0 Å². The van der Waals surface area contributed by atoms with Crippen molar-refractivity contribution in [1.82, 2.24) is 5.32 Å². The van der Waals surface area contributed by atoms with E-state index in [0.29, 0.717) is 11.6 Å². The molecule has 0 atom stereocenters. The molecule has 4 nitrogen and oxygen atoms in total. The molecule has 2 aromatic carbocycles. The molecule has 0 saturated carbocycles. The quantitative estimate of drug-likeness (QED) is 0.848. The van der Waals surface area contributed by atoms with Crippen LogP contribution in [0.15, 0.2) is 48.5 Å². The fourth-order valence-electron chi connectivity index (χ4n) is 2.89. The Labute approximate surface area is 147 Å². The summed E-state index contributed by atoms with van der Waals surface area (Å²) in [6.07, 6.45) is 3.78. The lowest BCUT2D eigenvalue weighted by Crippen LogP contribution is -2.30. The molecule has 126 valence electrons. The van der Waals surface area contributed by atoms with Gasteiger partial charge in [-0.2, -0.15) is 0 Å². The second-order valence-electron chi connectivity index (χ2n) is 6.03. The molecule has 0 bridgehead atoms. The van der Waals surface area contributed by atoms with Gasteiger partial charge in [0.1, 0.15) is 0 Å². The number of urea groups is 1. The van der Waals surface area contributed by atoms with Gasteiger partial charge in [-0.05, 0) is 55.2 Å². The van der Waals surface area contributed by atoms with E-state index in [1.165, 1.54) is 24.9 Å². The summed E-state index contributed by atoms with van der Waals surface area (Å²) >= 11 is 5.86. The summed E-state index contributed by atoms with van der Waals surface area (Å²) in [6, 6.07) is 15.3. The molecule has 0 unspecified atom stereocenters. The van der Waals surface area contributed by atoms with E-state index in [2.05, 4.69) is 21.6 Å². The standard InChI is InChI=1S/C19H22ClN3O/c20-16-9-7-15(8-10-16)14-21-19(24)22-17-5-4-6-18(13-17)23-11-2-1-3-12-23/h4-10,13H,1-3,11-12,14H2,(H2,21,22,24). The molecule has 0 radical (unpaired) electrons. The number of amides is 2. The fourth-order valence-corrected chi connectivity index (χ4v) is 3.02. The van der Waals surface area contributed by atoms with E-state index in [-0.39, 0.29) is 6.03 Å². The van der Waals surface area contributed by atoms with E-state index < -0.39 is 0 Å². The number of benzene rings is 2. The highest BCUT2D eigenvalue weighted by molar-refractivity contribution is 6.30. The van der Waals surface area contributed by atoms with Crippen molar-refractivity contribution in [1.29, 1.82) is 0 Å². The number of carbonyl (C=O) groups is 1. The van der Waals surface area contributed by atoms with Gasteiger partial charge in [0.15, 0.2) is 0 Å². The Hall–Kier alpha value is -2.20. The summed E-state index contributed by atoms with van der Waals surface area (Å²) < 4.78 is 0. The van der Waals surface area contributed by atoms with E-state index in [4.69, 9.17) is 11.6 Å². The van der Waals surface area contributed by atoms with E-state index in [0.717, 1.165) is 24.3 Å². The maximum Gasteiger partial charge on any atom is 0.319 e. The van der Waals surface area contributed by atoms with Gasteiger partial charge in [-0.1, -0.05) is 29.8 Å². The van der Waals surface area contributed by atoms with Crippen LogP contribution < -0.4 is 15.5 Å². The Kier molecular flexibility index (Phi) is 5.59. The van der Waals surface area contributed by atoms with Crippen LogP contribution in [-0.4, -0.2) is 19.1 Å². The molecule has 2 amide bonds. The molecular formula is C19H22ClN3O. The van der Waals surface area contributed by atoms with Crippen LogP contribution in [-0.2, 0) is 6.54 Å². The molecule has 0 aromatic heterocycles. The smallest absolute Gasteiger partial charge is 0.319 e. The molecule has 2 N–H and O–H groups in total. The monoisotopic (exact) mass is 343 g/mol. The number of piperidine rings is 1. The first kappa shape index (κ1) is 16.7. The van der Waals surface area contributed by atoms with Gasteiger partial charge in [-0.3, -0.25) is 0 Å². The fraction of sp³-hybridized carbons (Fsp3) is 0.316. The first-order chi connectivity index (χ1) is 11.7. The lowest BCUT2D eigenvalue weighted by molar-refractivity contribution is 0.251.